The van der Waals surface area contributed by atoms with E-state index in [4.69, 9.17) is 0 Å². The highest BCUT2D eigenvalue weighted by atomic mass is 79.9. The number of hydrogen-bond acceptors (Lipinski definition) is 2. The van der Waals surface area contributed by atoms with Gasteiger partial charge in [-0.25, -0.2) is 0 Å². The first-order valence-electron chi connectivity index (χ1n) is 6.83. The molecule has 110 valence electrons. The molecular formula is C17H19BrN2O. The Labute approximate surface area is 133 Å². The van der Waals surface area contributed by atoms with E-state index in [2.05, 4.69) is 51.7 Å². The van der Waals surface area contributed by atoms with Crippen molar-refractivity contribution in [1.29, 1.82) is 0 Å². The molecule has 0 fully saturated rings. The number of carbonyl (C=O) groups excluding carboxylic acids is 1. The van der Waals surface area contributed by atoms with E-state index in [0.717, 1.165) is 22.3 Å². The van der Waals surface area contributed by atoms with Crippen molar-refractivity contribution in [2.45, 2.75) is 20.4 Å². The van der Waals surface area contributed by atoms with E-state index in [1.807, 2.05) is 25.1 Å². The molecule has 21 heavy (non-hydrogen) atoms. The standard InChI is InChI=1S/C17H19BrN2O/c1-11-8-13(4-6-15(11)18)10-20-16-7-5-14(9-12(16)2)17(21)19-3/h4-9,20H,10H2,1-3H3,(H,19,21). The van der Waals surface area contributed by atoms with E-state index in [1.165, 1.54) is 11.1 Å². The van der Waals surface area contributed by atoms with Crippen LogP contribution in [-0.2, 0) is 6.54 Å². The third kappa shape index (κ3) is 3.85. The maximum Gasteiger partial charge on any atom is 0.251 e. The van der Waals surface area contributed by atoms with Crippen molar-refractivity contribution in [1.82, 2.24) is 5.32 Å². The maximum absolute atomic E-state index is 11.6. The molecule has 0 aromatic heterocycles. The van der Waals surface area contributed by atoms with Gasteiger partial charge in [0.2, 0.25) is 0 Å². The minimum Gasteiger partial charge on any atom is -0.381 e. The molecule has 0 saturated heterocycles. The monoisotopic (exact) mass is 346 g/mol. The van der Waals surface area contributed by atoms with Gasteiger partial charge in [-0.15, -0.1) is 0 Å². The van der Waals surface area contributed by atoms with Gasteiger partial charge in [-0.05, 0) is 54.8 Å². The fourth-order valence-corrected chi connectivity index (χ4v) is 2.41. The topological polar surface area (TPSA) is 41.1 Å². The Balaban J connectivity index is 2.09. The fourth-order valence-electron chi connectivity index (χ4n) is 2.16. The Bertz CT molecular complexity index is 668. The summed E-state index contributed by atoms with van der Waals surface area (Å²) >= 11 is 3.51. The normalized spacial score (nSPS) is 10.3. The van der Waals surface area contributed by atoms with Gasteiger partial charge in [-0.1, -0.05) is 28.1 Å². The largest absolute Gasteiger partial charge is 0.381 e. The lowest BCUT2D eigenvalue weighted by molar-refractivity contribution is 0.0963. The Morgan fingerprint density at radius 1 is 1.10 bits per heavy atom. The molecule has 3 nitrogen and oxygen atoms in total. The van der Waals surface area contributed by atoms with Gasteiger partial charge in [-0.3, -0.25) is 4.79 Å². The average Bonchev–Trinajstić information content (AvgIpc) is 2.48. The lowest BCUT2D eigenvalue weighted by Crippen LogP contribution is -2.17. The maximum atomic E-state index is 11.6. The molecular weight excluding hydrogens is 328 g/mol. The second-order valence-corrected chi connectivity index (χ2v) is 5.90. The van der Waals surface area contributed by atoms with Crippen LogP contribution in [0.1, 0.15) is 27.0 Å². The van der Waals surface area contributed by atoms with E-state index in [-0.39, 0.29) is 5.91 Å². The molecule has 0 aliphatic heterocycles. The van der Waals surface area contributed by atoms with Crippen LogP contribution < -0.4 is 10.6 Å². The molecule has 0 spiro atoms. The van der Waals surface area contributed by atoms with Gasteiger partial charge in [0.1, 0.15) is 0 Å². The van der Waals surface area contributed by atoms with Gasteiger partial charge in [0.25, 0.3) is 5.91 Å². The van der Waals surface area contributed by atoms with E-state index >= 15 is 0 Å². The minimum absolute atomic E-state index is 0.0619. The summed E-state index contributed by atoms with van der Waals surface area (Å²) in [5.74, 6) is -0.0619. The van der Waals surface area contributed by atoms with Crippen LogP contribution in [0.4, 0.5) is 5.69 Å². The zero-order chi connectivity index (χ0) is 15.4. The molecule has 0 saturated carbocycles. The van der Waals surface area contributed by atoms with Crippen molar-refractivity contribution in [3.05, 3.63) is 63.1 Å². The van der Waals surface area contributed by atoms with Gasteiger partial charge in [0.15, 0.2) is 0 Å². The summed E-state index contributed by atoms with van der Waals surface area (Å²) in [4.78, 5) is 11.6. The third-order valence-corrected chi connectivity index (χ3v) is 4.31. The zero-order valence-electron chi connectivity index (χ0n) is 12.5. The summed E-state index contributed by atoms with van der Waals surface area (Å²) in [7, 11) is 1.64. The van der Waals surface area contributed by atoms with Gasteiger partial charge in [0.05, 0.1) is 0 Å². The summed E-state index contributed by atoms with van der Waals surface area (Å²) in [6.45, 7) is 4.84. The lowest BCUT2D eigenvalue weighted by atomic mass is 10.1. The van der Waals surface area contributed by atoms with Crippen molar-refractivity contribution in [2.24, 2.45) is 0 Å². The lowest BCUT2D eigenvalue weighted by Gasteiger charge is -2.12. The van der Waals surface area contributed by atoms with Crippen molar-refractivity contribution in [2.75, 3.05) is 12.4 Å². The van der Waals surface area contributed by atoms with E-state index in [9.17, 15) is 4.79 Å². The molecule has 2 N–H and O–H groups in total. The number of carbonyl (C=O) groups is 1. The highest BCUT2D eigenvalue weighted by Gasteiger charge is 2.06. The Morgan fingerprint density at radius 2 is 1.86 bits per heavy atom. The van der Waals surface area contributed by atoms with Crippen LogP contribution in [0.3, 0.4) is 0 Å². The van der Waals surface area contributed by atoms with E-state index in [0.29, 0.717) is 5.56 Å². The highest BCUT2D eigenvalue weighted by molar-refractivity contribution is 9.10. The molecule has 0 aliphatic rings. The minimum atomic E-state index is -0.0619. The first-order valence-corrected chi connectivity index (χ1v) is 7.62. The zero-order valence-corrected chi connectivity index (χ0v) is 14.0. The smallest absolute Gasteiger partial charge is 0.251 e. The average molecular weight is 347 g/mol. The Hall–Kier alpha value is -1.81. The summed E-state index contributed by atoms with van der Waals surface area (Å²) in [5.41, 5.74) is 5.24. The number of aryl methyl sites for hydroxylation is 2. The van der Waals surface area contributed by atoms with Crippen molar-refractivity contribution in [3.8, 4) is 0 Å². The number of halogens is 1. The van der Waals surface area contributed by atoms with E-state index < -0.39 is 0 Å². The number of benzene rings is 2. The van der Waals surface area contributed by atoms with Gasteiger partial charge in [-0.2, -0.15) is 0 Å². The summed E-state index contributed by atoms with van der Waals surface area (Å²) in [6.07, 6.45) is 0. The molecule has 4 heteroatoms. The SMILES string of the molecule is CNC(=O)c1ccc(NCc2ccc(Br)c(C)c2)c(C)c1. The molecule has 1 amide bonds. The third-order valence-electron chi connectivity index (χ3n) is 3.42. The van der Waals surface area contributed by atoms with Gasteiger partial charge in [0, 0.05) is 29.3 Å². The van der Waals surface area contributed by atoms with Crippen LogP contribution in [0.15, 0.2) is 40.9 Å². The molecule has 2 aromatic carbocycles. The Morgan fingerprint density at radius 3 is 2.48 bits per heavy atom. The van der Waals surface area contributed by atoms with Gasteiger partial charge < -0.3 is 10.6 Å². The first-order chi connectivity index (χ1) is 10.0. The van der Waals surface area contributed by atoms with Crippen molar-refractivity contribution < 1.29 is 4.79 Å². The highest BCUT2D eigenvalue weighted by Crippen LogP contribution is 2.20. The number of nitrogens with one attached hydrogen (secondary N) is 2. The summed E-state index contributed by atoms with van der Waals surface area (Å²) < 4.78 is 1.12. The first kappa shape index (κ1) is 15.6. The predicted molar refractivity (Wildman–Crippen MR) is 90.8 cm³/mol. The van der Waals surface area contributed by atoms with Crippen molar-refractivity contribution >= 4 is 27.5 Å². The summed E-state index contributed by atoms with van der Waals surface area (Å²) in [5, 5.41) is 6.05. The summed E-state index contributed by atoms with van der Waals surface area (Å²) in [6, 6.07) is 12.0. The number of hydrogen-bond donors (Lipinski definition) is 2. The molecule has 2 aromatic rings. The number of anilines is 1. The molecule has 0 aliphatic carbocycles. The molecule has 2 rings (SSSR count). The fraction of sp³-hybridized carbons (Fsp3) is 0.235. The predicted octanol–water partition coefficient (Wildman–Crippen LogP) is 4.04. The van der Waals surface area contributed by atoms with Crippen molar-refractivity contribution in [3.63, 3.8) is 0 Å². The van der Waals surface area contributed by atoms with Gasteiger partial charge >= 0.3 is 0 Å². The molecule has 0 radical (unpaired) electrons. The molecule has 0 unspecified atom stereocenters. The molecule has 0 heterocycles. The molecule has 0 bridgehead atoms. The number of amides is 1. The van der Waals surface area contributed by atoms with Crippen LogP contribution in [0, 0.1) is 13.8 Å². The van der Waals surface area contributed by atoms with Crippen LogP contribution in [0.5, 0.6) is 0 Å². The van der Waals surface area contributed by atoms with Crippen LogP contribution in [0.25, 0.3) is 0 Å². The van der Waals surface area contributed by atoms with Crippen LogP contribution in [-0.4, -0.2) is 13.0 Å². The van der Waals surface area contributed by atoms with Crippen LogP contribution in [0.2, 0.25) is 0 Å². The second-order valence-electron chi connectivity index (χ2n) is 5.05. The van der Waals surface area contributed by atoms with E-state index in [1.54, 1.807) is 7.05 Å². The Kier molecular flexibility index (Phi) is 5.02. The second kappa shape index (κ2) is 6.76. The molecule has 0 atom stereocenters. The van der Waals surface area contributed by atoms with Crippen LogP contribution >= 0.6 is 15.9 Å². The quantitative estimate of drug-likeness (QED) is 0.877. The number of rotatable bonds is 4.